The van der Waals surface area contributed by atoms with Crippen LogP contribution in [0.4, 0.5) is 0 Å². The molecule has 1 unspecified atom stereocenters. The van der Waals surface area contributed by atoms with Gasteiger partial charge in [0.05, 0.1) is 22.9 Å². The summed E-state index contributed by atoms with van der Waals surface area (Å²) in [6.07, 6.45) is 0. The number of hydrogen-bond acceptors (Lipinski definition) is 5. The van der Waals surface area contributed by atoms with Gasteiger partial charge in [-0.05, 0) is 44.1 Å². The molecule has 0 N–H and O–H groups in total. The van der Waals surface area contributed by atoms with Gasteiger partial charge in [0.15, 0.2) is 8.24 Å². The zero-order valence-corrected chi connectivity index (χ0v) is 19.2. The summed E-state index contributed by atoms with van der Waals surface area (Å²) >= 11 is 0. The van der Waals surface area contributed by atoms with E-state index in [-0.39, 0.29) is 23.7 Å². The molecule has 1 aromatic rings. The van der Waals surface area contributed by atoms with Gasteiger partial charge in [-0.1, -0.05) is 39.0 Å². The molecular formula is C17H32NO4PSSi. The highest BCUT2D eigenvalue weighted by atomic mass is 32.2. The van der Waals surface area contributed by atoms with E-state index >= 15 is 0 Å². The van der Waals surface area contributed by atoms with Crippen molar-refractivity contribution in [1.82, 2.24) is 0 Å². The Kier molecular flexibility index (Phi) is 7.66. The maximum Gasteiger partial charge on any atom is 0.344 e. The highest BCUT2D eigenvalue weighted by Gasteiger charge is 2.40. The first-order valence-electron chi connectivity index (χ1n) is 8.58. The Morgan fingerprint density at radius 1 is 1.08 bits per heavy atom. The molecule has 8 heteroatoms. The largest absolute Gasteiger partial charge is 0.344 e. The fourth-order valence-corrected chi connectivity index (χ4v) is 11.6. The molecule has 5 nitrogen and oxygen atoms in total. The van der Waals surface area contributed by atoms with E-state index < -0.39 is 25.6 Å². The summed E-state index contributed by atoms with van der Waals surface area (Å²) in [6.45, 7) is 14.5. The monoisotopic (exact) mass is 405 g/mol. The molecule has 25 heavy (non-hydrogen) atoms. The standard InChI is InChI=1S/C17H32NO4PSSi/c1-8-21-23(19,22-9-2)15-24(20,16-13-11-10-12-14-16)18-25(6,7)17(3,4)5/h10-14H,8-9,15H2,1-7H3. The van der Waals surface area contributed by atoms with E-state index in [0.717, 1.165) is 0 Å². The normalized spacial score (nSPS) is 15.6. The zero-order valence-electron chi connectivity index (χ0n) is 16.4. The van der Waals surface area contributed by atoms with Gasteiger partial charge < -0.3 is 9.05 Å². The SMILES string of the molecule is CCOP(=O)(CS(=O)(=N[Si](C)(C)C(C)(C)C)c1ccccc1)OCC. The Morgan fingerprint density at radius 2 is 1.56 bits per heavy atom. The fraction of sp³-hybridized carbons (Fsp3) is 0.647. The van der Waals surface area contributed by atoms with Gasteiger partial charge in [-0.3, -0.25) is 8.59 Å². The number of benzene rings is 1. The van der Waals surface area contributed by atoms with Gasteiger partial charge in [-0.2, -0.15) is 0 Å². The van der Waals surface area contributed by atoms with E-state index in [1.54, 1.807) is 26.0 Å². The average Bonchev–Trinajstić information content (AvgIpc) is 2.46. The Balaban J connectivity index is 3.56. The predicted molar refractivity (Wildman–Crippen MR) is 108 cm³/mol. The first kappa shape index (κ1) is 22.6. The van der Waals surface area contributed by atoms with E-state index in [9.17, 15) is 8.77 Å². The number of rotatable bonds is 8. The van der Waals surface area contributed by atoms with Crippen LogP contribution in [0.1, 0.15) is 34.6 Å². The topological polar surface area (TPSA) is 65.0 Å². The van der Waals surface area contributed by atoms with Crippen molar-refractivity contribution < 1.29 is 17.8 Å². The second kappa shape index (κ2) is 8.48. The van der Waals surface area contributed by atoms with Crippen molar-refractivity contribution in [2.24, 2.45) is 4.03 Å². The minimum atomic E-state index is -3.49. The first-order chi connectivity index (χ1) is 11.4. The Morgan fingerprint density at radius 3 is 1.96 bits per heavy atom. The molecule has 1 rings (SSSR count). The van der Waals surface area contributed by atoms with Gasteiger partial charge >= 0.3 is 7.60 Å². The third-order valence-corrected chi connectivity index (χ3v) is 16.0. The van der Waals surface area contributed by atoms with E-state index in [2.05, 4.69) is 33.9 Å². The molecule has 0 radical (unpaired) electrons. The molecule has 144 valence electrons. The molecule has 0 aliphatic heterocycles. The minimum absolute atomic E-state index is 0.0777. The van der Waals surface area contributed by atoms with Crippen LogP contribution in [0.15, 0.2) is 39.3 Å². The quantitative estimate of drug-likeness (QED) is 0.408. The van der Waals surface area contributed by atoms with Crippen molar-refractivity contribution in [3.05, 3.63) is 30.3 Å². The maximum atomic E-state index is 14.0. The van der Waals surface area contributed by atoms with Crippen molar-refractivity contribution in [2.45, 2.75) is 57.6 Å². The van der Waals surface area contributed by atoms with E-state index in [1.165, 1.54) is 0 Å². The van der Waals surface area contributed by atoms with E-state index in [0.29, 0.717) is 4.90 Å². The molecule has 0 saturated heterocycles. The number of hydrogen-bond donors (Lipinski definition) is 0. The van der Waals surface area contributed by atoms with Crippen LogP contribution in [0.25, 0.3) is 0 Å². The third kappa shape index (κ3) is 6.03. The Labute approximate surface area is 154 Å². The predicted octanol–water partition coefficient (Wildman–Crippen LogP) is 5.74. The summed E-state index contributed by atoms with van der Waals surface area (Å²) in [7, 11) is -8.68. The lowest BCUT2D eigenvalue weighted by atomic mass is 10.2. The smallest absolute Gasteiger partial charge is 0.308 e. The van der Waals surface area contributed by atoms with Gasteiger partial charge in [-0.15, -0.1) is 0 Å². The molecular weight excluding hydrogens is 373 g/mol. The van der Waals surface area contributed by atoms with Crippen molar-refractivity contribution in [2.75, 3.05) is 18.7 Å². The van der Waals surface area contributed by atoms with Crippen LogP contribution >= 0.6 is 7.60 Å². The van der Waals surface area contributed by atoms with Crippen LogP contribution in [0.5, 0.6) is 0 Å². The average molecular weight is 406 g/mol. The molecule has 0 heterocycles. The molecule has 0 bridgehead atoms. The summed E-state index contributed by atoms with van der Waals surface area (Å²) in [5.74, 6) is 0. The molecule has 0 aliphatic rings. The van der Waals surface area contributed by atoms with Crippen molar-refractivity contribution in [3.63, 3.8) is 0 Å². The summed E-state index contributed by atoms with van der Waals surface area (Å²) in [4.78, 5) is 0.583. The number of nitrogens with zero attached hydrogens (tertiary/aromatic N) is 1. The first-order valence-corrected chi connectivity index (χ1v) is 14.9. The summed E-state index contributed by atoms with van der Waals surface area (Å²) in [5, 5.41) is -0.0777. The van der Waals surface area contributed by atoms with Gasteiger partial charge in [0, 0.05) is 4.90 Å². The van der Waals surface area contributed by atoms with Crippen LogP contribution in [0.2, 0.25) is 18.1 Å². The summed E-state index contributed by atoms with van der Waals surface area (Å²) in [6, 6.07) is 9.06. The van der Waals surface area contributed by atoms with E-state index in [4.69, 9.17) is 13.1 Å². The summed E-state index contributed by atoms with van der Waals surface area (Å²) < 4.78 is 42.7. The van der Waals surface area contributed by atoms with Gasteiger partial charge in [0.1, 0.15) is 5.49 Å². The zero-order chi connectivity index (χ0) is 19.4. The van der Waals surface area contributed by atoms with E-state index in [1.807, 2.05) is 18.2 Å². The lowest BCUT2D eigenvalue weighted by Gasteiger charge is -2.33. The highest BCUT2D eigenvalue weighted by molar-refractivity contribution is 8.00. The molecule has 0 spiro atoms. The molecule has 0 fully saturated rings. The maximum absolute atomic E-state index is 14.0. The molecule has 0 saturated carbocycles. The molecule has 0 aromatic heterocycles. The van der Waals surface area contributed by atoms with Crippen molar-refractivity contribution >= 4 is 25.6 Å². The molecule has 1 atom stereocenters. The lowest BCUT2D eigenvalue weighted by molar-refractivity contribution is 0.224. The molecule has 0 aliphatic carbocycles. The van der Waals surface area contributed by atoms with Gasteiger partial charge in [0.2, 0.25) is 0 Å². The second-order valence-electron chi connectivity index (χ2n) is 7.43. The van der Waals surface area contributed by atoms with Gasteiger partial charge in [-0.25, -0.2) is 4.21 Å². The van der Waals surface area contributed by atoms with Crippen LogP contribution in [0.3, 0.4) is 0 Å². The second-order valence-corrected chi connectivity index (χ2v) is 17.3. The Hall–Kier alpha value is -0.463. The van der Waals surface area contributed by atoms with Crippen LogP contribution in [-0.2, 0) is 23.3 Å². The Bertz CT molecular complexity index is 712. The van der Waals surface area contributed by atoms with Crippen molar-refractivity contribution in [3.8, 4) is 0 Å². The minimum Gasteiger partial charge on any atom is -0.308 e. The van der Waals surface area contributed by atoms with Crippen LogP contribution < -0.4 is 0 Å². The van der Waals surface area contributed by atoms with Crippen LogP contribution in [0, 0.1) is 0 Å². The van der Waals surface area contributed by atoms with Crippen LogP contribution in [-0.4, -0.2) is 31.2 Å². The summed E-state index contributed by atoms with van der Waals surface area (Å²) in [5.41, 5.74) is -0.210. The lowest BCUT2D eigenvalue weighted by Crippen LogP contribution is -2.36. The van der Waals surface area contributed by atoms with Crippen molar-refractivity contribution in [1.29, 1.82) is 0 Å². The molecule has 0 amide bonds. The van der Waals surface area contributed by atoms with Gasteiger partial charge in [0.25, 0.3) is 0 Å². The molecule has 1 aromatic carbocycles. The fourth-order valence-electron chi connectivity index (χ4n) is 2.01. The highest BCUT2D eigenvalue weighted by Crippen LogP contribution is 2.51. The third-order valence-electron chi connectivity index (χ3n) is 4.31.